The number of ether oxygens (including phenoxy) is 2. The third-order valence-corrected chi connectivity index (χ3v) is 3.52. The average molecular weight is 298 g/mol. The van der Waals surface area contributed by atoms with E-state index in [0.717, 1.165) is 12.0 Å². The van der Waals surface area contributed by atoms with Gasteiger partial charge in [-0.25, -0.2) is 0 Å². The molecule has 3 nitrogen and oxygen atoms in total. The molecular weight excluding hydrogens is 276 g/mol. The number of aryl methyl sites for hydroxylation is 1. The van der Waals surface area contributed by atoms with Gasteiger partial charge < -0.3 is 9.47 Å². The highest BCUT2D eigenvalue weighted by atomic mass is 16.5. The van der Waals surface area contributed by atoms with Crippen molar-refractivity contribution < 1.29 is 14.3 Å². The van der Waals surface area contributed by atoms with Crippen LogP contribution in [0.25, 0.3) is 0 Å². The Balaban J connectivity index is 1.86. The molecule has 0 aliphatic carbocycles. The third kappa shape index (κ3) is 4.10. The molecule has 0 spiro atoms. The summed E-state index contributed by atoms with van der Waals surface area (Å²) in [6.45, 7) is 7.30. The van der Waals surface area contributed by atoms with Gasteiger partial charge >= 0.3 is 0 Å². The summed E-state index contributed by atoms with van der Waals surface area (Å²) in [5.74, 6) is 1.94. The lowest BCUT2D eigenvalue weighted by Crippen LogP contribution is -2.10. The van der Waals surface area contributed by atoms with Crippen molar-refractivity contribution in [2.24, 2.45) is 0 Å². The van der Waals surface area contributed by atoms with Crippen LogP contribution in [0.2, 0.25) is 0 Å². The molecule has 0 fully saturated rings. The van der Waals surface area contributed by atoms with E-state index in [1.165, 1.54) is 11.1 Å². The van der Waals surface area contributed by atoms with Crippen LogP contribution in [0.5, 0.6) is 11.5 Å². The van der Waals surface area contributed by atoms with Gasteiger partial charge in [-0.05, 0) is 48.2 Å². The molecule has 0 bridgehead atoms. The molecule has 0 amide bonds. The zero-order chi connectivity index (χ0) is 15.9. The van der Waals surface area contributed by atoms with E-state index in [-0.39, 0.29) is 0 Å². The van der Waals surface area contributed by atoms with E-state index in [9.17, 15) is 4.79 Å². The van der Waals surface area contributed by atoms with Gasteiger partial charge in [0.25, 0.3) is 0 Å². The van der Waals surface area contributed by atoms with Crippen molar-refractivity contribution in [2.45, 2.75) is 26.7 Å². The standard InChI is InChI=1S/C19H22O3/c1-14(2)18-9-8-17(12-15(18)3)21-10-11-22-19-7-5-4-6-16(19)13-20/h4-9,12-14H,10-11H2,1-3H3. The number of aldehydes is 1. The summed E-state index contributed by atoms with van der Waals surface area (Å²) in [6, 6.07) is 13.3. The van der Waals surface area contributed by atoms with Crippen molar-refractivity contribution in [3.63, 3.8) is 0 Å². The third-order valence-electron chi connectivity index (χ3n) is 3.52. The summed E-state index contributed by atoms with van der Waals surface area (Å²) in [5, 5.41) is 0. The van der Waals surface area contributed by atoms with Gasteiger partial charge in [0.1, 0.15) is 24.7 Å². The summed E-state index contributed by atoms with van der Waals surface area (Å²) in [7, 11) is 0. The zero-order valence-electron chi connectivity index (χ0n) is 13.3. The van der Waals surface area contributed by atoms with E-state index < -0.39 is 0 Å². The molecule has 22 heavy (non-hydrogen) atoms. The summed E-state index contributed by atoms with van der Waals surface area (Å²) in [6.07, 6.45) is 0.796. The average Bonchev–Trinajstić information content (AvgIpc) is 2.51. The molecule has 2 rings (SSSR count). The minimum atomic E-state index is 0.399. The Morgan fingerprint density at radius 3 is 2.45 bits per heavy atom. The van der Waals surface area contributed by atoms with Crippen LogP contribution in [-0.2, 0) is 0 Å². The Morgan fingerprint density at radius 2 is 1.77 bits per heavy atom. The molecule has 0 N–H and O–H groups in total. The van der Waals surface area contributed by atoms with Gasteiger partial charge in [0, 0.05) is 0 Å². The number of hydrogen-bond donors (Lipinski definition) is 0. The summed E-state index contributed by atoms with van der Waals surface area (Å²) in [5.41, 5.74) is 3.13. The fourth-order valence-corrected chi connectivity index (χ4v) is 2.41. The van der Waals surface area contributed by atoms with E-state index in [1.54, 1.807) is 12.1 Å². The van der Waals surface area contributed by atoms with Crippen molar-refractivity contribution in [1.82, 2.24) is 0 Å². The first-order valence-electron chi connectivity index (χ1n) is 7.52. The lowest BCUT2D eigenvalue weighted by Gasteiger charge is -2.13. The maximum absolute atomic E-state index is 10.9. The first kappa shape index (κ1) is 16.1. The van der Waals surface area contributed by atoms with Crippen molar-refractivity contribution in [3.8, 4) is 11.5 Å². The van der Waals surface area contributed by atoms with Crippen LogP contribution in [0.3, 0.4) is 0 Å². The fourth-order valence-electron chi connectivity index (χ4n) is 2.41. The summed E-state index contributed by atoms with van der Waals surface area (Å²) >= 11 is 0. The molecule has 3 heteroatoms. The monoisotopic (exact) mass is 298 g/mol. The van der Waals surface area contributed by atoms with Gasteiger partial charge in [0.15, 0.2) is 6.29 Å². The molecule has 0 aliphatic rings. The molecule has 2 aromatic carbocycles. The second-order valence-corrected chi connectivity index (χ2v) is 5.53. The van der Waals surface area contributed by atoms with Gasteiger partial charge in [-0.1, -0.05) is 32.0 Å². The molecule has 0 atom stereocenters. The molecule has 0 aliphatic heterocycles. The van der Waals surface area contributed by atoms with Gasteiger partial charge in [-0.15, -0.1) is 0 Å². The molecule has 0 saturated heterocycles. The Labute approximate surface area is 131 Å². The highest BCUT2D eigenvalue weighted by Gasteiger charge is 2.05. The van der Waals surface area contributed by atoms with Crippen LogP contribution in [0, 0.1) is 6.92 Å². The fraction of sp³-hybridized carbons (Fsp3) is 0.316. The smallest absolute Gasteiger partial charge is 0.153 e. The highest BCUT2D eigenvalue weighted by Crippen LogP contribution is 2.23. The molecule has 116 valence electrons. The number of para-hydroxylation sites is 1. The van der Waals surface area contributed by atoms with Gasteiger partial charge in [-0.2, -0.15) is 0 Å². The van der Waals surface area contributed by atoms with Crippen LogP contribution >= 0.6 is 0 Å². The Bertz CT molecular complexity index is 632. The summed E-state index contributed by atoms with van der Waals surface area (Å²) < 4.78 is 11.3. The normalized spacial score (nSPS) is 10.5. The summed E-state index contributed by atoms with van der Waals surface area (Å²) in [4.78, 5) is 10.9. The number of carbonyl (C=O) groups is 1. The topological polar surface area (TPSA) is 35.5 Å². The molecule has 0 unspecified atom stereocenters. The van der Waals surface area contributed by atoms with Crippen LogP contribution in [0.15, 0.2) is 42.5 Å². The Morgan fingerprint density at radius 1 is 1.05 bits per heavy atom. The Kier molecular flexibility index (Phi) is 5.59. The van der Waals surface area contributed by atoms with Crippen LogP contribution < -0.4 is 9.47 Å². The van der Waals surface area contributed by atoms with E-state index in [1.807, 2.05) is 18.2 Å². The number of benzene rings is 2. The molecular formula is C19H22O3. The van der Waals surface area contributed by atoms with Crippen LogP contribution in [-0.4, -0.2) is 19.5 Å². The van der Waals surface area contributed by atoms with Gasteiger partial charge in [-0.3, -0.25) is 4.79 Å². The van der Waals surface area contributed by atoms with E-state index in [4.69, 9.17) is 9.47 Å². The molecule has 0 aromatic heterocycles. The van der Waals surface area contributed by atoms with Crippen molar-refractivity contribution in [1.29, 1.82) is 0 Å². The highest BCUT2D eigenvalue weighted by molar-refractivity contribution is 5.79. The van der Waals surface area contributed by atoms with E-state index in [2.05, 4.69) is 32.9 Å². The van der Waals surface area contributed by atoms with E-state index >= 15 is 0 Å². The predicted octanol–water partition coefficient (Wildman–Crippen LogP) is 4.39. The lowest BCUT2D eigenvalue weighted by atomic mass is 9.98. The van der Waals surface area contributed by atoms with Crippen LogP contribution in [0.1, 0.15) is 41.3 Å². The van der Waals surface area contributed by atoms with Gasteiger partial charge in [0.2, 0.25) is 0 Å². The minimum Gasteiger partial charge on any atom is -0.490 e. The largest absolute Gasteiger partial charge is 0.490 e. The predicted molar refractivity (Wildman–Crippen MR) is 88.1 cm³/mol. The maximum Gasteiger partial charge on any atom is 0.153 e. The first-order chi connectivity index (χ1) is 10.6. The molecule has 0 heterocycles. The van der Waals surface area contributed by atoms with Crippen molar-refractivity contribution in [3.05, 3.63) is 59.2 Å². The number of hydrogen-bond acceptors (Lipinski definition) is 3. The van der Waals surface area contributed by atoms with Gasteiger partial charge in [0.05, 0.1) is 5.56 Å². The minimum absolute atomic E-state index is 0.399. The quantitative estimate of drug-likeness (QED) is 0.562. The lowest BCUT2D eigenvalue weighted by molar-refractivity contribution is 0.111. The maximum atomic E-state index is 10.9. The molecule has 0 saturated carbocycles. The molecule has 0 radical (unpaired) electrons. The second kappa shape index (κ2) is 7.64. The number of carbonyl (C=O) groups excluding carboxylic acids is 1. The first-order valence-corrected chi connectivity index (χ1v) is 7.52. The SMILES string of the molecule is Cc1cc(OCCOc2ccccc2C=O)ccc1C(C)C. The van der Waals surface area contributed by atoms with Crippen molar-refractivity contribution >= 4 is 6.29 Å². The molecule has 2 aromatic rings. The Hall–Kier alpha value is -2.29. The van der Waals surface area contributed by atoms with Crippen LogP contribution in [0.4, 0.5) is 0 Å². The second-order valence-electron chi connectivity index (χ2n) is 5.53. The van der Waals surface area contributed by atoms with Crippen molar-refractivity contribution in [2.75, 3.05) is 13.2 Å². The van der Waals surface area contributed by atoms with E-state index in [0.29, 0.717) is 30.4 Å². The number of rotatable bonds is 7. The zero-order valence-corrected chi connectivity index (χ0v) is 13.3.